The Labute approximate surface area is 75.5 Å². The van der Waals surface area contributed by atoms with Crippen LogP contribution in [0.5, 0.6) is 0 Å². The molecule has 13 heavy (non-hydrogen) atoms. The molecule has 0 aliphatic rings. The summed E-state index contributed by atoms with van der Waals surface area (Å²) in [6.07, 6.45) is 0.196. The molecule has 6 heteroatoms. The van der Waals surface area contributed by atoms with Crippen LogP contribution in [0.15, 0.2) is 12.7 Å². The van der Waals surface area contributed by atoms with Crippen molar-refractivity contribution in [3.05, 3.63) is 12.7 Å². The summed E-state index contributed by atoms with van der Waals surface area (Å²) in [6, 6.07) is -0.845. The van der Waals surface area contributed by atoms with Crippen molar-refractivity contribution >= 4 is 12.0 Å². The van der Waals surface area contributed by atoms with E-state index in [1.165, 1.54) is 13.0 Å². The van der Waals surface area contributed by atoms with Crippen LogP contribution in [0.1, 0.15) is 6.92 Å². The number of carbonyl (C=O) groups excluding carboxylic acids is 1. The van der Waals surface area contributed by atoms with E-state index in [1.54, 1.807) is 0 Å². The molecule has 74 valence electrons. The minimum absolute atomic E-state index is 0.172. The van der Waals surface area contributed by atoms with Crippen LogP contribution >= 0.6 is 0 Å². The molecule has 0 heterocycles. The lowest BCUT2D eigenvalue weighted by atomic mass is 10.3. The summed E-state index contributed by atoms with van der Waals surface area (Å²) in [5.74, 6) is -0.552. The van der Waals surface area contributed by atoms with E-state index >= 15 is 0 Å². The van der Waals surface area contributed by atoms with E-state index in [9.17, 15) is 9.59 Å². The van der Waals surface area contributed by atoms with E-state index in [2.05, 4.69) is 16.9 Å². The van der Waals surface area contributed by atoms with Crippen LogP contribution in [0.4, 0.5) is 4.79 Å². The molecule has 0 aromatic carbocycles. The van der Waals surface area contributed by atoms with E-state index in [1.807, 2.05) is 5.32 Å². The van der Waals surface area contributed by atoms with Gasteiger partial charge in [0.2, 0.25) is 0 Å². The molecule has 0 aromatic rings. The molecule has 1 unspecified atom stereocenters. The smallest absolute Gasteiger partial charge is 0.405 e. The Kier molecular flexibility index (Phi) is 5.29. The van der Waals surface area contributed by atoms with Crippen molar-refractivity contribution in [2.45, 2.75) is 13.0 Å². The first-order valence-corrected chi connectivity index (χ1v) is 3.60. The van der Waals surface area contributed by atoms with Crippen LogP contribution in [0.3, 0.4) is 0 Å². The maximum Gasteiger partial charge on any atom is 0.405 e. The SMILES string of the molecule is C=CCONC(=O)C(C)NC(=O)O. The lowest BCUT2D eigenvalue weighted by Crippen LogP contribution is -2.44. The molecule has 0 aliphatic heterocycles. The van der Waals surface area contributed by atoms with Gasteiger partial charge in [-0.2, -0.15) is 0 Å². The molecule has 0 rings (SSSR count). The Morgan fingerprint density at radius 2 is 2.31 bits per heavy atom. The third-order valence-corrected chi connectivity index (χ3v) is 1.11. The molecule has 2 amide bonds. The van der Waals surface area contributed by atoms with E-state index < -0.39 is 18.0 Å². The van der Waals surface area contributed by atoms with Crippen molar-refractivity contribution in [1.29, 1.82) is 0 Å². The minimum Gasteiger partial charge on any atom is -0.465 e. The number of rotatable bonds is 5. The molecule has 0 fully saturated rings. The average Bonchev–Trinajstić information content (AvgIpc) is 2.03. The van der Waals surface area contributed by atoms with Gasteiger partial charge in [0, 0.05) is 0 Å². The predicted molar refractivity (Wildman–Crippen MR) is 44.9 cm³/mol. The van der Waals surface area contributed by atoms with Gasteiger partial charge >= 0.3 is 6.09 Å². The maximum absolute atomic E-state index is 11.0. The van der Waals surface area contributed by atoms with Crippen molar-refractivity contribution < 1.29 is 19.5 Å². The van der Waals surface area contributed by atoms with Gasteiger partial charge in [0.25, 0.3) is 5.91 Å². The average molecular weight is 188 g/mol. The minimum atomic E-state index is -1.26. The summed E-state index contributed by atoms with van der Waals surface area (Å²) in [5, 5.41) is 10.2. The Morgan fingerprint density at radius 1 is 1.69 bits per heavy atom. The Bertz CT molecular complexity index is 205. The highest BCUT2D eigenvalue weighted by atomic mass is 16.6. The molecular weight excluding hydrogens is 176 g/mol. The van der Waals surface area contributed by atoms with E-state index in [0.29, 0.717) is 0 Å². The van der Waals surface area contributed by atoms with Gasteiger partial charge in [0.15, 0.2) is 0 Å². The van der Waals surface area contributed by atoms with Crippen molar-refractivity contribution in [3.63, 3.8) is 0 Å². The number of hydroxylamine groups is 1. The second-order valence-corrected chi connectivity index (χ2v) is 2.24. The molecule has 0 bridgehead atoms. The first kappa shape index (κ1) is 11.4. The van der Waals surface area contributed by atoms with Gasteiger partial charge in [-0.3, -0.25) is 9.63 Å². The fraction of sp³-hybridized carbons (Fsp3) is 0.429. The van der Waals surface area contributed by atoms with Gasteiger partial charge < -0.3 is 10.4 Å². The number of nitrogens with one attached hydrogen (secondary N) is 2. The fourth-order valence-corrected chi connectivity index (χ4v) is 0.511. The van der Waals surface area contributed by atoms with Gasteiger partial charge in [-0.25, -0.2) is 10.3 Å². The van der Waals surface area contributed by atoms with Crippen molar-refractivity contribution in [2.75, 3.05) is 6.61 Å². The first-order valence-electron chi connectivity index (χ1n) is 3.60. The Morgan fingerprint density at radius 3 is 2.77 bits per heavy atom. The highest BCUT2D eigenvalue weighted by Crippen LogP contribution is 1.82. The third-order valence-electron chi connectivity index (χ3n) is 1.11. The Hall–Kier alpha value is -1.56. The second-order valence-electron chi connectivity index (χ2n) is 2.24. The molecule has 3 N–H and O–H groups in total. The van der Waals surface area contributed by atoms with Gasteiger partial charge in [-0.05, 0) is 6.92 Å². The van der Waals surface area contributed by atoms with Crippen molar-refractivity contribution in [2.24, 2.45) is 0 Å². The zero-order valence-corrected chi connectivity index (χ0v) is 7.24. The molecule has 0 spiro atoms. The normalized spacial score (nSPS) is 11.5. The molecular formula is C7H12N2O4. The zero-order valence-electron chi connectivity index (χ0n) is 7.24. The van der Waals surface area contributed by atoms with Gasteiger partial charge in [-0.1, -0.05) is 6.08 Å². The summed E-state index contributed by atoms with van der Waals surface area (Å²) in [7, 11) is 0. The predicted octanol–water partition coefficient (Wildman–Crippen LogP) is -0.124. The second kappa shape index (κ2) is 6.01. The molecule has 0 aliphatic carbocycles. The number of hydrogen-bond acceptors (Lipinski definition) is 3. The summed E-state index contributed by atoms with van der Waals surface area (Å²) in [6.45, 7) is 4.94. The Balaban J connectivity index is 3.69. The quantitative estimate of drug-likeness (QED) is 0.319. The summed E-state index contributed by atoms with van der Waals surface area (Å²) in [4.78, 5) is 25.6. The summed E-state index contributed by atoms with van der Waals surface area (Å²) < 4.78 is 0. The van der Waals surface area contributed by atoms with Crippen LogP contribution < -0.4 is 10.8 Å². The van der Waals surface area contributed by atoms with Crippen LogP contribution in [-0.4, -0.2) is 29.8 Å². The topological polar surface area (TPSA) is 87.7 Å². The first-order chi connectivity index (χ1) is 6.07. The van der Waals surface area contributed by atoms with Gasteiger partial charge in [-0.15, -0.1) is 6.58 Å². The number of amides is 2. The number of hydrogen-bond donors (Lipinski definition) is 3. The lowest BCUT2D eigenvalue weighted by Gasteiger charge is -2.10. The van der Waals surface area contributed by atoms with Crippen molar-refractivity contribution in [3.8, 4) is 0 Å². The summed E-state index contributed by atoms with van der Waals surface area (Å²) in [5.41, 5.74) is 2.05. The lowest BCUT2D eigenvalue weighted by molar-refractivity contribution is -0.134. The molecule has 0 saturated carbocycles. The highest BCUT2D eigenvalue weighted by Gasteiger charge is 2.13. The number of carbonyl (C=O) groups is 2. The van der Waals surface area contributed by atoms with Gasteiger partial charge in [0.05, 0.1) is 6.61 Å². The molecule has 6 nitrogen and oxygen atoms in total. The van der Waals surface area contributed by atoms with Crippen molar-refractivity contribution in [1.82, 2.24) is 10.8 Å². The third kappa shape index (κ3) is 5.68. The molecule has 0 radical (unpaired) electrons. The molecule has 0 aromatic heterocycles. The van der Waals surface area contributed by atoms with E-state index in [4.69, 9.17) is 5.11 Å². The summed E-state index contributed by atoms with van der Waals surface area (Å²) >= 11 is 0. The fourth-order valence-electron chi connectivity index (χ4n) is 0.511. The molecule has 1 atom stereocenters. The van der Waals surface area contributed by atoms with Crippen LogP contribution in [0.25, 0.3) is 0 Å². The monoisotopic (exact) mass is 188 g/mol. The highest BCUT2D eigenvalue weighted by molar-refractivity contribution is 5.83. The van der Waals surface area contributed by atoms with Crippen LogP contribution in [-0.2, 0) is 9.63 Å². The largest absolute Gasteiger partial charge is 0.465 e. The standard InChI is InChI=1S/C7H12N2O4/c1-3-4-13-9-6(10)5(2)8-7(11)12/h3,5,8H,1,4H2,2H3,(H,9,10)(H,11,12). The molecule has 0 saturated heterocycles. The number of carboxylic acid groups (broad SMARTS) is 1. The van der Waals surface area contributed by atoms with Crippen LogP contribution in [0.2, 0.25) is 0 Å². The van der Waals surface area contributed by atoms with Gasteiger partial charge in [0.1, 0.15) is 6.04 Å². The van der Waals surface area contributed by atoms with E-state index in [0.717, 1.165) is 0 Å². The zero-order chi connectivity index (χ0) is 10.3. The maximum atomic E-state index is 11.0. The van der Waals surface area contributed by atoms with E-state index in [-0.39, 0.29) is 6.61 Å². The van der Waals surface area contributed by atoms with Crippen LogP contribution in [0, 0.1) is 0 Å².